The number of nitrogens with zero attached hydrogens (tertiary/aromatic N) is 2. The molecule has 0 atom stereocenters. The maximum Gasteiger partial charge on any atom is 0.240 e. The van der Waals surface area contributed by atoms with E-state index in [1.165, 1.54) is 0 Å². The zero-order valence-electron chi connectivity index (χ0n) is 8.22. The van der Waals surface area contributed by atoms with Crippen LogP contribution in [0, 0.1) is 3.57 Å². The van der Waals surface area contributed by atoms with Crippen LogP contribution in [0.15, 0.2) is 36.5 Å². The minimum atomic E-state index is 0.323. The third-order valence-corrected chi connectivity index (χ3v) is 2.70. The highest BCUT2D eigenvalue weighted by atomic mass is 127. The van der Waals surface area contributed by atoms with Crippen LogP contribution in [0.5, 0.6) is 11.6 Å². The highest BCUT2D eigenvalue weighted by Gasteiger charge is 2.03. The number of para-hydroxylation sites is 1. The van der Waals surface area contributed by atoms with Gasteiger partial charge in [-0.3, -0.25) is 5.43 Å². The monoisotopic (exact) mass is 328 g/mol. The van der Waals surface area contributed by atoms with Crippen molar-refractivity contribution in [2.75, 3.05) is 5.43 Å². The first-order valence-corrected chi connectivity index (χ1v) is 5.59. The van der Waals surface area contributed by atoms with Crippen LogP contribution in [0.1, 0.15) is 0 Å². The van der Waals surface area contributed by atoms with Gasteiger partial charge in [0.2, 0.25) is 11.8 Å². The minimum absolute atomic E-state index is 0.323. The Morgan fingerprint density at radius 3 is 2.81 bits per heavy atom. The average molecular weight is 328 g/mol. The largest absolute Gasteiger partial charge is 0.438 e. The fourth-order valence-electron chi connectivity index (χ4n) is 1.11. The number of anilines is 1. The molecule has 0 fully saturated rings. The van der Waals surface area contributed by atoms with Crippen molar-refractivity contribution in [3.05, 3.63) is 40.1 Å². The first-order valence-electron chi connectivity index (χ1n) is 4.51. The van der Waals surface area contributed by atoms with Crippen LogP contribution in [-0.4, -0.2) is 9.97 Å². The lowest BCUT2D eigenvalue weighted by molar-refractivity contribution is 0.459. The fraction of sp³-hybridized carbons (Fsp3) is 0. The molecule has 0 aliphatic heterocycles. The van der Waals surface area contributed by atoms with Crippen molar-refractivity contribution < 1.29 is 4.74 Å². The quantitative estimate of drug-likeness (QED) is 0.513. The molecule has 1 heterocycles. The van der Waals surface area contributed by atoms with Crippen LogP contribution in [-0.2, 0) is 0 Å². The molecule has 0 unspecified atom stereocenters. The molecule has 3 N–H and O–H groups in total. The Hall–Kier alpha value is -1.41. The second kappa shape index (κ2) is 5.08. The maximum atomic E-state index is 5.60. The molecule has 1 aromatic carbocycles. The molecule has 0 spiro atoms. The number of hydrogen-bond donors (Lipinski definition) is 2. The molecule has 16 heavy (non-hydrogen) atoms. The van der Waals surface area contributed by atoms with Gasteiger partial charge in [0.05, 0.1) is 3.57 Å². The van der Waals surface area contributed by atoms with Crippen molar-refractivity contribution in [2.45, 2.75) is 0 Å². The molecule has 2 aromatic rings. The van der Waals surface area contributed by atoms with Crippen LogP contribution >= 0.6 is 22.6 Å². The summed E-state index contributed by atoms with van der Waals surface area (Å²) in [5.41, 5.74) is 2.36. The number of benzene rings is 1. The lowest BCUT2D eigenvalue weighted by atomic mass is 10.3. The zero-order chi connectivity index (χ0) is 11.4. The highest BCUT2D eigenvalue weighted by molar-refractivity contribution is 14.1. The summed E-state index contributed by atoms with van der Waals surface area (Å²) in [5, 5.41) is 0. The summed E-state index contributed by atoms with van der Waals surface area (Å²) in [7, 11) is 0. The Balaban J connectivity index is 2.24. The number of ether oxygens (including phenoxy) is 1. The third-order valence-electron chi connectivity index (χ3n) is 1.81. The van der Waals surface area contributed by atoms with Gasteiger partial charge in [-0.05, 0) is 34.7 Å². The molecular formula is C10H9IN4O. The predicted octanol–water partition coefficient (Wildman–Crippen LogP) is 2.16. The van der Waals surface area contributed by atoms with Crippen LogP contribution in [0.4, 0.5) is 5.95 Å². The normalized spacial score (nSPS) is 9.88. The molecule has 6 heteroatoms. The molecule has 0 aliphatic carbocycles. The van der Waals surface area contributed by atoms with E-state index in [1.807, 2.05) is 24.3 Å². The number of nitrogen functional groups attached to an aromatic ring is 1. The van der Waals surface area contributed by atoms with E-state index in [1.54, 1.807) is 12.3 Å². The fourth-order valence-corrected chi connectivity index (χ4v) is 1.61. The number of halogens is 1. The van der Waals surface area contributed by atoms with Crippen LogP contribution in [0.25, 0.3) is 0 Å². The number of hydrazine groups is 1. The summed E-state index contributed by atoms with van der Waals surface area (Å²) in [6.45, 7) is 0. The summed E-state index contributed by atoms with van der Waals surface area (Å²) in [5.74, 6) is 6.74. The average Bonchev–Trinajstić information content (AvgIpc) is 2.32. The Labute approximate surface area is 106 Å². The predicted molar refractivity (Wildman–Crippen MR) is 69.1 cm³/mol. The van der Waals surface area contributed by atoms with E-state index < -0.39 is 0 Å². The number of rotatable bonds is 3. The van der Waals surface area contributed by atoms with Gasteiger partial charge in [0, 0.05) is 12.3 Å². The van der Waals surface area contributed by atoms with Gasteiger partial charge in [-0.2, -0.15) is 4.98 Å². The summed E-state index contributed by atoms with van der Waals surface area (Å²) in [4.78, 5) is 7.95. The second-order valence-corrected chi connectivity index (χ2v) is 4.06. The zero-order valence-corrected chi connectivity index (χ0v) is 10.4. The first kappa shape index (κ1) is 11.1. The number of aromatic nitrogens is 2. The van der Waals surface area contributed by atoms with E-state index in [4.69, 9.17) is 10.6 Å². The summed E-state index contributed by atoms with van der Waals surface area (Å²) in [6.07, 6.45) is 1.58. The van der Waals surface area contributed by atoms with Gasteiger partial charge < -0.3 is 4.74 Å². The number of nitrogens with one attached hydrogen (secondary N) is 1. The number of nitrogens with two attached hydrogens (primary N) is 1. The van der Waals surface area contributed by atoms with Crippen LogP contribution in [0.3, 0.4) is 0 Å². The topological polar surface area (TPSA) is 73.1 Å². The van der Waals surface area contributed by atoms with Crippen molar-refractivity contribution in [1.82, 2.24) is 9.97 Å². The third kappa shape index (κ3) is 2.58. The van der Waals surface area contributed by atoms with Gasteiger partial charge >= 0.3 is 0 Å². The summed E-state index contributed by atoms with van der Waals surface area (Å²) in [6, 6.07) is 9.35. The lowest BCUT2D eigenvalue weighted by Gasteiger charge is -2.06. The van der Waals surface area contributed by atoms with E-state index >= 15 is 0 Å². The highest BCUT2D eigenvalue weighted by Crippen LogP contribution is 2.24. The number of hydrogen-bond acceptors (Lipinski definition) is 5. The Kier molecular flexibility index (Phi) is 3.52. The van der Waals surface area contributed by atoms with Gasteiger partial charge in [-0.1, -0.05) is 12.1 Å². The van der Waals surface area contributed by atoms with Crippen LogP contribution < -0.4 is 16.0 Å². The summed E-state index contributed by atoms with van der Waals surface area (Å²) < 4.78 is 6.61. The molecule has 0 aliphatic rings. The van der Waals surface area contributed by atoms with Gasteiger partial charge in [-0.15, -0.1) is 0 Å². The van der Waals surface area contributed by atoms with Gasteiger partial charge in [0.15, 0.2) is 0 Å². The standard InChI is InChI=1S/C10H9IN4O/c11-7-3-1-2-4-8(7)16-9-5-6-13-10(14-9)15-12/h1-6H,12H2,(H,13,14,15). The van der Waals surface area contributed by atoms with E-state index in [9.17, 15) is 0 Å². The van der Waals surface area contributed by atoms with E-state index in [0.717, 1.165) is 9.32 Å². The molecule has 82 valence electrons. The Morgan fingerprint density at radius 1 is 1.25 bits per heavy atom. The van der Waals surface area contributed by atoms with Crippen molar-refractivity contribution in [3.8, 4) is 11.6 Å². The molecule has 5 nitrogen and oxygen atoms in total. The second-order valence-electron chi connectivity index (χ2n) is 2.90. The molecule has 2 rings (SSSR count). The minimum Gasteiger partial charge on any atom is -0.438 e. The van der Waals surface area contributed by atoms with Crippen molar-refractivity contribution in [2.24, 2.45) is 5.84 Å². The van der Waals surface area contributed by atoms with Gasteiger partial charge in [-0.25, -0.2) is 10.8 Å². The molecule has 0 saturated carbocycles. The molecule has 0 radical (unpaired) electrons. The lowest BCUT2D eigenvalue weighted by Crippen LogP contribution is -2.10. The van der Waals surface area contributed by atoms with Gasteiger partial charge in [0.1, 0.15) is 5.75 Å². The molecule has 0 bridgehead atoms. The smallest absolute Gasteiger partial charge is 0.240 e. The van der Waals surface area contributed by atoms with Crippen molar-refractivity contribution in [3.63, 3.8) is 0 Å². The molecule has 0 amide bonds. The van der Waals surface area contributed by atoms with Gasteiger partial charge in [0.25, 0.3) is 0 Å². The Morgan fingerprint density at radius 2 is 2.06 bits per heavy atom. The first-order chi connectivity index (χ1) is 7.79. The van der Waals surface area contributed by atoms with Crippen LogP contribution in [0.2, 0.25) is 0 Å². The van der Waals surface area contributed by atoms with E-state index in [-0.39, 0.29) is 0 Å². The molecule has 1 aromatic heterocycles. The Bertz CT molecular complexity index is 492. The summed E-state index contributed by atoms with van der Waals surface area (Å²) >= 11 is 2.20. The molecule has 0 saturated heterocycles. The van der Waals surface area contributed by atoms with E-state index in [0.29, 0.717) is 11.8 Å². The van der Waals surface area contributed by atoms with Crippen molar-refractivity contribution in [1.29, 1.82) is 0 Å². The van der Waals surface area contributed by atoms with Crippen molar-refractivity contribution >= 4 is 28.5 Å². The SMILES string of the molecule is NNc1nccc(Oc2ccccc2I)n1. The van der Waals surface area contributed by atoms with E-state index in [2.05, 4.69) is 38.0 Å². The molecular weight excluding hydrogens is 319 g/mol. The maximum absolute atomic E-state index is 5.60.